The molecule has 0 aliphatic carbocycles. The molecule has 1 unspecified atom stereocenters. The Morgan fingerprint density at radius 1 is 1.10 bits per heavy atom. The first-order chi connectivity index (χ1) is 14.1. The van der Waals surface area contributed by atoms with Crippen LogP contribution in [0.5, 0.6) is 11.5 Å². The van der Waals surface area contributed by atoms with Gasteiger partial charge in [0.15, 0.2) is 5.96 Å². The number of anilines is 1. The maximum Gasteiger partial charge on any atom is 0.191 e. The highest BCUT2D eigenvalue weighted by atomic mass is 16.5. The second-order valence-corrected chi connectivity index (χ2v) is 6.95. The minimum absolute atomic E-state index is 0.00624. The molecule has 0 saturated carbocycles. The third-order valence-corrected chi connectivity index (χ3v) is 5.03. The Morgan fingerprint density at radius 3 is 2.59 bits per heavy atom. The second-order valence-electron chi connectivity index (χ2n) is 6.95. The van der Waals surface area contributed by atoms with Gasteiger partial charge in [-0.15, -0.1) is 0 Å². The van der Waals surface area contributed by atoms with E-state index in [1.165, 1.54) is 11.3 Å². The summed E-state index contributed by atoms with van der Waals surface area (Å²) >= 11 is 0. The maximum atomic E-state index is 5.51. The Balaban J connectivity index is 1.63. The van der Waals surface area contributed by atoms with E-state index in [-0.39, 0.29) is 6.04 Å². The van der Waals surface area contributed by atoms with E-state index in [0.717, 1.165) is 36.1 Å². The summed E-state index contributed by atoms with van der Waals surface area (Å²) < 4.78 is 10.9. The molecule has 29 heavy (non-hydrogen) atoms. The van der Waals surface area contributed by atoms with Crippen LogP contribution >= 0.6 is 0 Å². The molecule has 1 atom stereocenters. The van der Waals surface area contributed by atoms with Crippen molar-refractivity contribution in [1.82, 2.24) is 10.6 Å². The van der Waals surface area contributed by atoms with Crippen molar-refractivity contribution in [3.05, 3.63) is 65.7 Å². The van der Waals surface area contributed by atoms with Crippen molar-refractivity contribution < 1.29 is 9.47 Å². The van der Waals surface area contributed by atoms with Crippen molar-refractivity contribution in [2.75, 3.05) is 39.3 Å². The third kappa shape index (κ3) is 5.22. The van der Waals surface area contributed by atoms with Gasteiger partial charge in [0.05, 0.1) is 20.3 Å². The van der Waals surface area contributed by atoms with Crippen molar-refractivity contribution in [2.45, 2.75) is 19.5 Å². The SMILES string of the molecule is CN=C(NCc1cccc(N2CC=CC2)c1)NC(C)c1cc(OC)ccc1OC. The summed E-state index contributed by atoms with van der Waals surface area (Å²) in [6.07, 6.45) is 4.40. The number of hydrogen-bond acceptors (Lipinski definition) is 4. The normalized spacial score (nSPS) is 14.6. The molecule has 6 nitrogen and oxygen atoms in total. The predicted octanol–water partition coefficient (Wildman–Crippen LogP) is 3.51. The topological polar surface area (TPSA) is 58.1 Å². The Kier molecular flexibility index (Phi) is 7.00. The fourth-order valence-corrected chi connectivity index (χ4v) is 3.39. The van der Waals surface area contributed by atoms with Gasteiger partial charge in [-0.1, -0.05) is 24.3 Å². The monoisotopic (exact) mass is 394 g/mol. The van der Waals surface area contributed by atoms with Gasteiger partial charge < -0.3 is 25.0 Å². The molecule has 1 aliphatic rings. The lowest BCUT2D eigenvalue weighted by molar-refractivity contribution is 0.394. The molecule has 0 spiro atoms. The number of aliphatic imine (C=N–C) groups is 1. The standard InChI is InChI=1S/C23H30N4O2/c1-17(21-15-20(28-3)10-11-22(21)29-4)26-23(24-2)25-16-18-8-7-9-19(14-18)27-12-5-6-13-27/h5-11,14-15,17H,12-13,16H2,1-4H3,(H2,24,25,26). The summed E-state index contributed by atoms with van der Waals surface area (Å²) in [7, 11) is 5.11. The summed E-state index contributed by atoms with van der Waals surface area (Å²) in [6.45, 7) is 4.71. The van der Waals surface area contributed by atoms with Gasteiger partial charge in [-0.05, 0) is 42.8 Å². The number of methoxy groups -OCH3 is 2. The van der Waals surface area contributed by atoms with Crippen LogP contribution in [0, 0.1) is 0 Å². The highest BCUT2D eigenvalue weighted by Crippen LogP contribution is 2.29. The van der Waals surface area contributed by atoms with E-state index in [0.29, 0.717) is 6.54 Å². The predicted molar refractivity (Wildman–Crippen MR) is 119 cm³/mol. The van der Waals surface area contributed by atoms with Crippen LogP contribution in [0.3, 0.4) is 0 Å². The zero-order chi connectivity index (χ0) is 20.6. The first-order valence-electron chi connectivity index (χ1n) is 9.82. The number of benzene rings is 2. The van der Waals surface area contributed by atoms with Crippen molar-refractivity contribution in [3.8, 4) is 11.5 Å². The van der Waals surface area contributed by atoms with E-state index in [1.807, 2.05) is 18.2 Å². The van der Waals surface area contributed by atoms with Gasteiger partial charge in [0, 0.05) is 37.9 Å². The van der Waals surface area contributed by atoms with Gasteiger partial charge >= 0.3 is 0 Å². The average molecular weight is 395 g/mol. The van der Waals surface area contributed by atoms with Gasteiger partial charge in [0.25, 0.3) is 0 Å². The number of nitrogens with zero attached hydrogens (tertiary/aromatic N) is 2. The molecule has 1 heterocycles. The molecule has 0 saturated heterocycles. The van der Waals surface area contributed by atoms with Crippen LogP contribution in [0.1, 0.15) is 24.1 Å². The molecule has 154 valence electrons. The van der Waals surface area contributed by atoms with E-state index in [4.69, 9.17) is 9.47 Å². The fourth-order valence-electron chi connectivity index (χ4n) is 3.39. The summed E-state index contributed by atoms with van der Waals surface area (Å²) in [5.41, 5.74) is 3.47. The first-order valence-corrected chi connectivity index (χ1v) is 9.82. The van der Waals surface area contributed by atoms with Crippen LogP contribution in [0.4, 0.5) is 5.69 Å². The summed E-state index contributed by atoms with van der Waals surface area (Å²) in [6, 6.07) is 14.4. The number of hydrogen-bond donors (Lipinski definition) is 2. The number of ether oxygens (including phenoxy) is 2. The van der Waals surface area contributed by atoms with E-state index in [2.05, 4.69) is 63.9 Å². The lowest BCUT2D eigenvalue weighted by atomic mass is 10.1. The summed E-state index contributed by atoms with van der Waals surface area (Å²) in [5, 5.41) is 6.83. The molecule has 3 rings (SSSR count). The van der Waals surface area contributed by atoms with Crippen LogP contribution in [-0.2, 0) is 6.54 Å². The summed E-state index contributed by atoms with van der Waals surface area (Å²) in [5.74, 6) is 2.34. The van der Waals surface area contributed by atoms with Crippen molar-refractivity contribution in [3.63, 3.8) is 0 Å². The van der Waals surface area contributed by atoms with Crippen LogP contribution < -0.4 is 25.0 Å². The quantitative estimate of drug-likeness (QED) is 0.428. The van der Waals surface area contributed by atoms with Crippen LogP contribution in [0.2, 0.25) is 0 Å². The maximum absolute atomic E-state index is 5.51. The number of nitrogens with one attached hydrogen (secondary N) is 2. The van der Waals surface area contributed by atoms with Gasteiger partial charge in [0.2, 0.25) is 0 Å². The minimum atomic E-state index is -0.00624. The molecule has 0 fully saturated rings. The van der Waals surface area contributed by atoms with Crippen LogP contribution in [0.25, 0.3) is 0 Å². The van der Waals surface area contributed by atoms with Crippen LogP contribution in [-0.4, -0.2) is 40.3 Å². The average Bonchev–Trinajstić information content (AvgIpc) is 3.31. The largest absolute Gasteiger partial charge is 0.497 e. The number of guanidine groups is 1. The molecular weight excluding hydrogens is 364 g/mol. The Hall–Kier alpha value is -3.15. The third-order valence-electron chi connectivity index (χ3n) is 5.03. The fraction of sp³-hybridized carbons (Fsp3) is 0.348. The molecule has 2 aromatic carbocycles. The smallest absolute Gasteiger partial charge is 0.191 e. The molecule has 2 N–H and O–H groups in total. The van der Waals surface area contributed by atoms with Crippen molar-refractivity contribution in [2.24, 2.45) is 4.99 Å². The molecule has 1 aliphatic heterocycles. The molecular formula is C23H30N4O2. The Labute approximate surface area is 173 Å². The highest BCUT2D eigenvalue weighted by Gasteiger charge is 2.14. The second kappa shape index (κ2) is 9.87. The molecule has 0 amide bonds. The zero-order valence-corrected chi connectivity index (χ0v) is 17.6. The zero-order valence-electron chi connectivity index (χ0n) is 17.6. The van der Waals surface area contributed by atoms with Crippen LogP contribution in [0.15, 0.2) is 59.6 Å². The van der Waals surface area contributed by atoms with Gasteiger partial charge in [0.1, 0.15) is 11.5 Å². The first kappa shape index (κ1) is 20.6. The lowest BCUT2D eigenvalue weighted by Gasteiger charge is -2.21. The van der Waals surface area contributed by atoms with Crippen molar-refractivity contribution >= 4 is 11.6 Å². The molecule has 2 aromatic rings. The Bertz CT molecular complexity index is 871. The minimum Gasteiger partial charge on any atom is -0.497 e. The van der Waals surface area contributed by atoms with Crippen molar-refractivity contribution in [1.29, 1.82) is 0 Å². The Morgan fingerprint density at radius 2 is 1.90 bits per heavy atom. The van der Waals surface area contributed by atoms with E-state index in [9.17, 15) is 0 Å². The lowest BCUT2D eigenvalue weighted by Crippen LogP contribution is -2.38. The number of rotatable bonds is 7. The van der Waals surface area contributed by atoms with Gasteiger partial charge in [-0.3, -0.25) is 4.99 Å². The molecule has 0 radical (unpaired) electrons. The molecule has 0 aromatic heterocycles. The molecule has 6 heteroatoms. The van der Waals surface area contributed by atoms with E-state index in [1.54, 1.807) is 21.3 Å². The van der Waals surface area contributed by atoms with E-state index < -0.39 is 0 Å². The van der Waals surface area contributed by atoms with Gasteiger partial charge in [-0.25, -0.2) is 0 Å². The summed E-state index contributed by atoms with van der Waals surface area (Å²) in [4.78, 5) is 6.71. The molecule has 0 bridgehead atoms. The van der Waals surface area contributed by atoms with E-state index >= 15 is 0 Å². The van der Waals surface area contributed by atoms with Gasteiger partial charge in [-0.2, -0.15) is 0 Å². The highest BCUT2D eigenvalue weighted by molar-refractivity contribution is 5.80.